The van der Waals surface area contributed by atoms with Gasteiger partial charge in [-0.25, -0.2) is 0 Å². The molecule has 0 saturated heterocycles. The van der Waals surface area contributed by atoms with Crippen molar-refractivity contribution in [2.75, 3.05) is 13.2 Å². The molecule has 2 rings (SSSR count). The highest BCUT2D eigenvalue weighted by Crippen LogP contribution is 2.22. The molecular weight excluding hydrogens is 532 g/mol. The first-order valence-corrected chi connectivity index (χ1v) is 14.4. The van der Waals surface area contributed by atoms with Crippen LogP contribution in [0, 0.1) is 11.3 Å². The molecule has 2 aromatic carbocycles. The summed E-state index contributed by atoms with van der Waals surface area (Å²) in [5.74, 6) is -0.958. The van der Waals surface area contributed by atoms with Gasteiger partial charge in [0.05, 0.1) is 24.6 Å². The number of rotatable bonds is 18. The molecule has 228 valence electrons. The number of amides is 2. The molecule has 0 aliphatic carbocycles. The number of nitrogens with one attached hydrogen (secondary N) is 2. The number of esters is 1. The molecule has 0 heterocycles. The smallest absolute Gasteiger partial charge is 0.306 e. The topological polar surface area (TPSA) is 114 Å². The number of hydrogen-bond donors (Lipinski definition) is 3. The Hall–Kier alpha value is -3.91. The van der Waals surface area contributed by atoms with Crippen LogP contribution in [0.4, 0.5) is 0 Å². The number of allylic oxidation sites excluding steroid dienone is 2. The molecule has 8 heteroatoms. The van der Waals surface area contributed by atoms with Crippen molar-refractivity contribution in [2.24, 2.45) is 11.3 Å². The van der Waals surface area contributed by atoms with Crippen molar-refractivity contribution >= 4 is 17.8 Å². The van der Waals surface area contributed by atoms with Gasteiger partial charge < -0.3 is 25.2 Å². The first-order valence-electron chi connectivity index (χ1n) is 14.4. The number of ether oxygens (including phenoxy) is 2. The lowest BCUT2D eigenvalue weighted by molar-refractivity contribution is -0.146. The van der Waals surface area contributed by atoms with E-state index in [0.717, 1.165) is 16.9 Å². The van der Waals surface area contributed by atoms with Crippen LogP contribution in [0.5, 0.6) is 5.75 Å². The quantitative estimate of drug-likeness (QED) is 0.171. The van der Waals surface area contributed by atoms with Gasteiger partial charge in [0.15, 0.2) is 0 Å². The molecule has 0 aliphatic heterocycles. The molecule has 0 spiro atoms. The summed E-state index contributed by atoms with van der Waals surface area (Å²) in [7, 11) is 0. The van der Waals surface area contributed by atoms with Crippen LogP contribution in [-0.2, 0) is 32.1 Å². The van der Waals surface area contributed by atoms with Gasteiger partial charge in [0.25, 0.3) is 0 Å². The molecule has 2 amide bonds. The molecule has 0 aromatic heterocycles. The SMILES string of the molecule is C=CCCC(=O)OCC(NC(=O)C(CC=C)CC(=O)NC(CO)Cc1ccc(OCc2ccccc2)cc1)C(C)(C)C. The first-order chi connectivity index (χ1) is 20.0. The van der Waals surface area contributed by atoms with Crippen LogP contribution in [-0.4, -0.2) is 48.2 Å². The average molecular weight is 579 g/mol. The molecule has 42 heavy (non-hydrogen) atoms. The Labute approximate surface area is 250 Å². The molecule has 0 saturated carbocycles. The summed E-state index contributed by atoms with van der Waals surface area (Å²) in [6.07, 6.45) is 4.64. The van der Waals surface area contributed by atoms with Crippen molar-refractivity contribution in [3.63, 3.8) is 0 Å². The van der Waals surface area contributed by atoms with Crippen molar-refractivity contribution in [1.82, 2.24) is 10.6 Å². The molecule has 2 aromatic rings. The lowest BCUT2D eigenvalue weighted by Crippen LogP contribution is -2.50. The van der Waals surface area contributed by atoms with Crippen LogP contribution in [0.1, 0.15) is 57.6 Å². The second kappa shape index (κ2) is 17.8. The second-order valence-corrected chi connectivity index (χ2v) is 11.4. The van der Waals surface area contributed by atoms with E-state index in [9.17, 15) is 19.5 Å². The van der Waals surface area contributed by atoms with E-state index in [2.05, 4.69) is 23.8 Å². The zero-order valence-electron chi connectivity index (χ0n) is 25.1. The van der Waals surface area contributed by atoms with E-state index in [0.29, 0.717) is 25.9 Å². The number of aliphatic hydroxyl groups is 1. The van der Waals surface area contributed by atoms with Gasteiger partial charge >= 0.3 is 5.97 Å². The Balaban J connectivity index is 1.92. The number of carbonyl (C=O) groups is 3. The molecule has 8 nitrogen and oxygen atoms in total. The maximum Gasteiger partial charge on any atom is 0.306 e. The van der Waals surface area contributed by atoms with Crippen LogP contribution < -0.4 is 15.4 Å². The molecule has 0 aliphatic rings. The van der Waals surface area contributed by atoms with E-state index in [4.69, 9.17) is 9.47 Å². The van der Waals surface area contributed by atoms with Gasteiger partial charge in [-0.3, -0.25) is 14.4 Å². The summed E-state index contributed by atoms with van der Waals surface area (Å²) in [5.41, 5.74) is 1.61. The van der Waals surface area contributed by atoms with Gasteiger partial charge in [-0.2, -0.15) is 0 Å². The first kappa shape index (κ1) is 34.3. The highest BCUT2D eigenvalue weighted by Gasteiger charge is 2.31. The number of carbonyl (C=O) groups excluding carboxylic acids is 3. The Morgan fingerprint density at radius 2 is 1.64 bits per heavy atom. The minimum Gasteiger partial charge on any atom is -0.489 e. The maximum atomic E-state index is 13.2. The van der Waals surface area contributed by atoms with Crippen LogP contribution in [0.25, 0.3) is 0 Å². The van der Waals surface area contributed by atoms with E-state index in [-0.39, 0.29) is 49.3 Å². The fraction of sp³-hybridized carbons (Fsp3) is 0.441. The van der Waals surface area contributed by atoms with Crippen LogP contribution >= 0.6 is 0 Å². The van der Waals surface area contributed by atoms with E-state index < -0.39 is 18.0 Å². The summed E-state index contributed by atoms with van der Waals surface area (Å²) in [6.45, 7) is 13.4. The minimum atomic E-state index is -0.663. The van der Waals surface area contributed by atoms with Gasteiger partial charge in [0, 0.05) is 12.8 Å². The van der Waals surface area contributed by atoms with E-state index in [1.54, 1.807) is 12.2 Å². The van der Waals surface area contributed by atoms with Crippen LogP contribution in [0.3, 0.4) is 0 Å². The molecule has 3 N–H and O–H groups in total. The van der Waals surface area contributed by atoms with Crippen molar-refractivity contribution in [2.45, 2.75) is 71.6 Å². The standard InChI is InChI=1S/C34H46N2O6/c1-6-8-15-32(39)42-24-30(34(3,4)5)36-33(40)27(12-7-2)21-31(38)35-28(22-37)20-25-16-18-29(19-17-25)41-23-26-13-10-9-11-14-26/h6-7,9-11,13-14,16-19,27-28,30,37H,1-2,8,12,15,20-24H2,3-5H3,(H,35,38)(H,36,40). The molecule has 3 atom stereocenters. The van der Waals surface area contributed by atoms with Gasteiger partial charge in [-0.15, -0.1) is 13.2 Å². The normalized spacial score (nSPS) is 13.2. The zero-order chi connectivity index (χ0) is 31.0. The fourth-order valence-corrected chi connectivity index (χ4v) is 4.17. The predicted octanol–water partition coefficient (Wildman–Crippen LogP) is 4.91. The third kappa shape index (κ3) is 12.7. The summed E-state index contributed by atoms with van der Waals surface area (Å²) in [6, 6.07) is 16.5. The van der Waals surface area contributed by atoms with Crippen molar-refractivity contribution in [1.29, 1.82) is 0 Å². The van der Waals surface area contributed by atoms with Crippen molar-refractivity contribution in [3.05, 3.63) is 91.0 Å². The highest BCUT2D eigenvalue weighted by atomic mass is 16.5. The fourth-order valence-electron chi connectivity index (χ4n) is 4.17. The van der Waals surface area contributed by atoms with Gasteiger partial charge in [0.2, 0.25) is 11.8 Å². The second-order valence-electron chi connectivity index (χ2n) is 11.4. The number of hydrogen-bond acceptors (Lipinski definition) is 6. The molecular formula is C34H46N2O6. The summed E-state index contributed by atoms with van der Waals surface area (Å²) in [5, 5.41) is 15.8. The van der Waals surface area contributed by atoms with Crippen LogP contribution in [0.15, 0.2) is 79.9 Å². The predicted molar refractivity (Wildman–Crippen MR) is 165 cm³/mol. The molecule has 0 fully saturated rings. The Morgan fingerprint density at radius 1 is 0.952 bits per heavy atom. The van der Waals surface area contributed by atoms with Crippen LogP contribution in [0.2, 0.25) is 0 Å². The average Bonchev–Trinajstić information content (AvgIpc) is 2.97. The Kier molecular flexibility index (Phi) is 14.5. The highest BCUT2D eigenvalue weighted by molar-refractivity contribution is 5.86. The molecule has 0 bridgehead atoms. The molecule has 3 unspecified atom stereocenters. The van der Waals surface area contributed by atoms with E-state index in [1.807, 2.05) is 75.4 Å². The van der Waals surface area contributed by atoms with E-state index in [1.165, 1.54) is 0 Å². The van der Waals surface area contributed by atoms with Gasteiger partial charge in [-0.05, 0) is 47.9 Å². The summed E-state index contributed by atoms with van der Waals surface area (Å²) < 4.78 is 11.2. The number of benzene rings is 2. The van der Waals surface area contributed by atoms with Gasteiger partial charge in [-0.1, -0.05) is 75.4 Å². The summed E-state index contributed by atoms with van der Waals surface area (Å²) in [4.78, 5) is 38.1. The third-order valence-corrected chi connectivity index (χ3v) is 6.82. The van der Waals surface area contributed by atoms with Gasteiger partial charge in [0.1, 0.15) is 19.0 Å². The Morgan fingerprint density at radius 3 is 2.24 bits per heavy atom. The largest absolute Gasteiger partial charge is 0.489 e. The third-order valence-electron chi connectivity index (χ3n) is 6.82. The lowest BCUT2D eigenvalue weighted by Gasteiger charge is -2.32. The molecule has 0 radical (unpaired) electrons. The van der Waals surface area contributed by atoms with Crippen molar-refractivity contribution < 1.29 is 29.0 Å². The lowest BCUT2D eigenvalue weighted by atomic mass is 9.86. The zero-order valence-corrected chi connectivity index (χ0v) is 25.1. The van der Waals surface area contributed by atoms with E-state index >= 15 is 0 Å². The summed E-state index contributed by atoms with van der Waals surface area (Å²) >= 11 is 0. The van der Waals surface area contributed by atoms with Crippen molar-refractivity contribution in [3.8, 4) is 5.75 Å². The monoisotopic (exact) mass is 578 g/mol. The maximum absolute atomic E-state index is 13.2. The number of aliphatic hydroxyl groups excluding tert-OH is 1. The Bertz CT molecular complexity index is 1140. The minimum absolute atomic E-state index is 0.0287.